The predicted molar refractivity (Wildman–Crippen MR) is 116 cm³/mol. The second-order valence-electron chi connectivity index (χ2n) is 7.45. The SMILES string of the molecule is O=C1CCN(C[C@@H]2CN(c3nccs3)CCN2C(=O)Cc2ccc(Cl)c(Cl)c2)C1. The third-order valence-electron chi connectivity index (χ3n) is 5.41. The van der Waals surface area contributed by atoms with E-state index < -0.39 is 0 Å². The molecule has 1 amide bonds. The predicted octanol–water partition coefficient (Wildman–Crippen LogP) is 2.98. The largest absolute Gasteiger partial charge is 0.344 e. The molecule has 0 unspecified atom stereocenters. The van der Waals surface area contributed by atoms with Crippen LogP contribution < -0.4 is 4.90 Å². The Morgan fingerprint density at radius 1 is 1.21 bits per heavy atom. The molecule has 0 spiro atoms. The van der Waals surface area contributed by atoms with Crippen molar-refractivity contribution in [3.63, 3.8) is 0 Å². The van der Waals surface area contributed by atoms with E-state index in [2.05, 4.69) is 14.8 Å². The zero-order valence-corrected chi connectivity index (χ0v) is 18.2. The van der Waals surface area contributed by atoms with Gasteiger partial charge in [0.1, 0.15) is 5.78 Å². The molecule has 0 radical (unpaired) electrons. The normalized spacial score (nSPS) is 20.5. The molecule has 3 heterocycles. The van der Waals surface area contributed by atoms with Crippen molar-refractivity contribution in [3.05, 3.63) is 45.4 Å². The van der Waals surface area contributed by atoms with Gasteiger partial charge in [-0.15, -0.1) is 11.3 Å². The third-order valence-corrected chi connectivity index (χ3v) is 6.98. The second-order valence-corrected chi connectivity index (χ2v) is 9.14. The number of thiazole rings is 1. The van der Waals surface area contributed by atoms with E-state index in [0.29, 0.717) is 42.6 Å². The van der Waals surface area contributed by atoms with Gasteiger partial charge in [0.05, 0.1) is 29.1 Å². The van der Waals surface area contributed by atoms with Crippen molar-refractivity contribution >= 4 is 51.4 Å². The summed E-state index contributed by atoms with van der Waals surface area (Å²) in [6.07, 6.45) is 2.68. The first-order chi connectivity index (χ1) is 14.0. The number of Topliss-reactive ketones (excluding diaryl/α,β-unsaturated/α-hetero) is 1. The van der Waals surface area contributed by atoms with Crippen LogP contribution in [0.5, 0.6) is 0 Å². The van der Waals surface area contributed by atoms with E-state index in [9.17, 15) is 9.59 Å². The summed E-state index contributed by atoms with van der Waals surface area (Å²) >= 11 is 13.7. The van der Waals surface area contributed by atoms with Gasteiger partial charge in [-0.25, -0.2) is 4.98 Å². The molecule has 2 saturated heterocycles. The molecule has 0 N–H and O–H groups in total. The molecule has 2 aliphatic heterocycles. The molecule has 9 heteroatoms. The molecule has 1 aromatic heterocycles. The Labute approximate surface area is 184 Å². The van der Waals surface area contributed by atoms with Gasteiger partial charge in [0.25, 0.3) is 0 Å². The number of nitrogens with zero attached hydrogens (tertiary/aromatic N) is 4. The monoisotopic (exact) mass is 452 g/mol. The molecule has 2 aliphatic rings. The maximum Gasteiger partial charge on any atom is 0.227 e. The Bertz CT molecular complexity index is 893. The Balaban J connectivity index is 1.48. The standard InChI is InChI=1S/C20H22Cl2N4O2S/c21-17-2-1-14(9-18(17)22)10-19(28)26-7-6-25(20-23-4-8-29-20)12-15(26)11-24-5-3-16(27)13-24/h1-2,4,8-9,15H,3,5-7,10-13H2/t15-/m1/s1. The number of carbonyl (C=O) groups excluding carboxylic acids is 2. The number of anilines is 1. The first-order valence-electron chi connectivity index (χ1n) is 9.61. The Kier molecular flexibility index (Phi) is 6.39. The molecule has 6 nitrogen and oxygen atoms in total. The summed E-state index contributed by atoms with van der Waals surface area (Å²) in [5, 5.41) is 3.88. The molecule has 2 fully saturated rings. The molecule has 1 aromatic carbocycles. The van der Waals surface area contributed by atoms with E-state index in [4.69, 9.17) is 23.2 Å². The topological polar surface area (TPSA) is 56.8 Å². The van der Waals surface area contributed by atoms with Crippen molar-refractivity contribution in [2.75, 3.05) is 44.2 Å². The van der Waals surface area contributed by atoms with Crippen molar-refractivity contribution in [2.24, 2.45) is 0 Å². The summed E-state index contributed by atoms with van der Waals surface area (Å²) < 4.78 is 0. The Morgan fingerprint density at radius 3 is 2.76 bits per heavy atom. The van der Waals surface area contributed by atoms with Crippen molar-refractivity contribution < 1.29 is 9.59 Å². The summed E-state index contributed by atoms with van der Waals surface area (Å²) in [6.45, 7) is 4.03. The Hall–Kier alpha value is -1.67. The summed E-state index contributed by atoms with van der Waals surface area (Å²) in [4.78, 5) is 35.6. The minimum atomic E-state index is 0.00817. The van der Waals surface area contributed by atoms with Crippen LogP contribution in [0.4, 0.5) is 5.13 Å². The molecule has 0 saturated carbocycles. The van der Waals surface area contributed by atoms with Crippen LogP contribution in [0, 0.1) is 0 Å². The van der Waals surface area contributed by atoms with Crippen LogP contribution >= 0.6 is 34.5 Å². The van der Waals surface area contributed by atoms with Gasteiger partial charge in [-0.1, -0.05) is 29.3 Å². The third kappa shape index (κ3) is 4.91. The van der Waals surface area contributed by atoms with Gasteiger partial charge in [0, 0.05) is 50.7 Å². The smallest absolute Gasteiger partial charge is 0.227 e. The van der Waals surface area contributed by atoms with Gasteiger partial charge in [-0.3, -0.25) is 14.5 Å². The molecule has 29 heavy (non-hydrogen) atoms. The van der Waals surface area contributed by atoms with Crippen LogP contribution in [-0.2, 0) is 16.0 Å². The highest BCUT2D eigenvalue weighted by molar-refractivity contribution is 7.13. The lowest BCUT2D eigenvalue weighted by Crippen LogP contribution is -2.59. The summed E-state index contributed by atoms with van der Waals surface area (Å²) in [6, 6.07) is 5.32. The van der Waals surface area contributed by atoms with Crippen LogP contribution in [0.2, 0.25) is 10.0 Å². The quantitative estimate of drug-likeness (QED) is 0.697. The zero-order valence-electron chi connectivity index (χ0n) is 15.9. The molecular weight excluding hydrogens is 431 g/mol. The first-order valence-corrected chi connectivity index (χ1v) is 11.2. The van der Waals surface area contributed by atoms with Gasteiger partial charge >= 0.3 is 0 Å². The van der Waals surface area contributed by atoms with E-state index >= 15 is 0 Å². The van der Waals surface area contributed by atoms with E-state index in [1.165, 1.54) is 0 Å². The number of carbonyl (C=O) groups is 2. The van der Waals surface area contributed by atoms with Crippen LogP contribution in [0.15, 0.2) is 29.8 Å². The lowest BCUT2D eigenvalue weighted by molar-refractivity contribution is -0.133. The maximum absolute atomic E-state index is 13.1. The summed E-state index contributed by atoms with van der Waals surface area (Å²) in [5.41, 5.74) is 0.849. The van der Waals surface area contributed by atoms with Gasteiger partial charge < -0.3 is 9.80 Å². The van der Waals surface area contributed by atoms with Crippen LogP contribution in [0.1, 0.15) is 12.0 Å². The average molecular weight is 453 g/mol. The highest BCUT2D eigenvalue weighted by Gasteiger charge is 2.34. The minimum absolute atomic E-state index is 0.00817. The lowest BCUT2D eigenvalue weighted by atomic mass is 10.1. The van der Waals surface area contributed by atoms with Crippen molar-refractivity contribution in [1.29, 1.82) is 0 Å². The number of benzene rings is 1. The van der Waals surface area contributed by atoms with E-state index in [-0.39, 0.29) is 24.2 Å². The number of aromatic nitrogens is 1. The van der Waals surface area contributed by atoms with Crippen LogP contribution in [-0.4, -0.2) is 71.8 Å². The second kappa shape index (κ2) is 9.00. The number of rotatable bonds is 5. The zero-order chi connectivity index (χ0) is 20.4. The maximum atomic E-state index is 13.1. The lowest BCUT2D eigenvalue weighted by Gasteiger charge is -2.42. The number of ketones is 1. The van der Waals surface area contributed by atoms with Crippen molar-refractivity contribution in [2.45, 2.75) is 18.9 Å². The van der Waals surface area contributed by atoms with E-state index in [1.807, 2.05) is 16.3 Å². The average Bonchev–Trinajstić information content (AvgIpc) is 3.37. The number of piperazine rings is 1. The van der Waals surface area contributed by atoms with Gasteiger partial charge in [-0.05, 0) is 17.7 Å². The summed E-state index contributed by atoms with van der Waals surface area (Å²) in [7, 11) is 0. The highest BCUT2D eigenvalue weighted by Crippen LogP contribution is 2.25. The Morgan fingerprint density at radius 2 is 2.07 bits per heavy atom. The first kappa shape index (κ1) is 20.6. The number of likely N-dealkylation sites (tertiary alicyclic amines) is 1. The molecule has 2 aromatic rings. The molecular formula is C20H22Cl2N4O2S. The highest BCUT2D eigenvalue weighted by atomic mass is 35.5. The number of halogens is 2. The van der Waals surface area contributed by atoms with Crippen LogP contribution in [0.25, 0.3) is 0 Å². The van der Waals surface area contributed by atoms with Crippen molar-refractivity contribution in [1.82, 2.24) is 14.8 Å². The fourth-order valence-corrected chi connectivity index (χ4v) is 4.96. The van der Waals surface area contributed by atoms with Gasteiger partial charge in [0.2, 0.25) is 5.91 Å². The van der Waals surface area contributed by atoms with E-state index in [1.54, 1.807) is 29.7 Å². The molecule has 1 atom stereocenters. The van der Waals surface area contributed by atoms with Crippen LogP contribution in [0.3, 0.4) is 0 Å². The number of hydrogen-bond donors (Lipinski definition) is 0. The molecule has 0 bridgehead atoms. The molecule has 0 aliphatic carbocycles. The van der Waals surface area contributed by atoms with Gasteiger partial charge in [-0.2, -0.15) is 0 Å². The van der Waals surface area contributed by atoms with Crippen molar-refractivity contribution in [3.8, 4) is 0 Å². The fourth-order valence-electron chi connectivity index (χ4n) is 3.96. The van der Waals surface area contributed by atoms with Gasteiger partial charge in [0.15, 0.2) is 5.13 Å². The summed E-state index contributed by atoms with van der Waals surface area (Å²) in [5.74, 6) is 0.337. The molecule has 154 valence electrons. The fraction of sp³-hybridized carbons (Fsp3) is 0.450. The van der Waals surface area contributed by atoms with E-state index in [0.717, 1.165) is 23.8 Å². The molecule has 4 rings (SSSR count). The number of amides is 1. The minimum Gasteiger partial charge on any atom is -0.344 e. The number of hydrogen-bond acceptors (Lipinski definition) is 6.